The first-order chi connectivity index (χ1) is 30.7. The smallest absolute Gasteiger partial charge is 0.238 e. The summed E-state index contributed by atoms with van der Waals surface area (Å²) < 4.78 is 4.58. The van der Waals surface area contributed by atoms with Crippen LogP contribution in [0.3, 0.4) is 0 Å². The quantitative estimate of drug-likeness (QED) is 0.161. The Kier molecular flexibility index (Phi) is 8.38. The molecule has 4 heterocycles. The number of aromatic nitrogens is 6. The molecule has 0 unspecified atom stereocenters. The van der Waals surface area contributed by atoms with Crippen LogP contribution in [-0.4, -0.2) is 29.1 Å². The van der Waals surface area contributed by atoms with E-state index in [0.29, 0.717) is 17.6 Å². The van der Waals surface area contributed by atoms with Crippen LogP contribution in [0.15, 0.2) is 218 Å². The van der Waals surface area contributed by atoms with E-state index in [0.717, 1.165) is 83.3 Å². The van der Waals surface area contributed by atoms with Gasteiger partial charge in [-0.3, -0.25) is 4.57 Å². The average molecular weight is 793 g/mol. The molecule has 0 atom stereocenters. The fourth-order valence-electron chi connectivity index (χ4n) is 8.85. The van der Waals surface area contributed by atoms with Crippen molar-refractivity contribution in [2.45, 2.75) is 0 Å². The van der Waals surface area contributed by atoms with E-state index in [2.05, 4.69) is 197 Å². The van der Waals surface area contributed by atoms with Gasteiger partial charge in [-0.2, -0.15) is 9.97 Å². The zero-order valence-corrected chi connectivity index (χ0v) is 33.5. The normalized spacial score (nSPS) is 11.5. The molecule has 8 aromatic carbocycles. The van der Waals surface area contributed by atoms with Crippen LogP contribution in [0.25, 0.3) is 112 Å². The SMILES string of the molecule is c1ccc(-c2ccc(-c3nc(-c4ccccc4)nc(-n4c5ccccc5c5cc6c7ccccc7n(-c7cccc(-c8cccc(-c9ccccc9)n8)c7)c6cc54)n3)cc2)cc1. The van der Waals surface area contributed by atoms with Crippen molar-refractivity contribution >= 4 is 43.6 Å². The molecule has 0 radical (unpaired) electrons. The molecule has 12 rings (SSSR count). The van der Waals surface area contributed by atoms with E-state index < -0.39 is 0 Å². The molecule has 0 aliphatic carbocycles. The van der Waals surface area contributed by atoms with Crippen molar-refractivity contribution in [3.63, 3.8) is 0 Å². The second kappa shape index (κ2) is 14.7. The highest BCUT2D eigenvalue weighted by atomic mass is 15.2. The predicted molar refractivity (Wildman–Crippen MR) is 253 cm³/mol. The summed E-state index contributed by atoms with van der Waals surface area (Å²) >= 11 is 0. The van der Waals surface area contributed by atoms with E-state index in [-0.39, 0.29) is 0 Å². The van der Waals surface area contributed by atoms with Crippen LogP contribution < -0.4 is 0 Å². The number of hydrogen-bond acceptors (Lipinski definition) is 4. The van der Waals surface area contributed by atoms with Gasteiger partial charge in [0.1, 0.15) is 0 Å². The molecule has 0 bridgehead atoms. The Morgan fingerprint density at radius 3 is 1.39 bits per heavy atom. The van der Waals surface area contributed by atoms with Crippen molar-refractivity contribution in [2.24, 2.45) is 0 Å². The minimum Gasteiger partial charge on any atom is -0.309 e. The molecule has 0 saturated carbocycles. The van der Waals surface area contributed by atoms with Crippen LogP contribution in [0, 0.1) is 0 Å². The first-order valence-corrected chi connectivity index (χ1v) is 20.8. The number of nitrogens with zero attached hydrogens (tertiary/aromatic N) is 6. The van der Waals surface area contributed by atoms with Gasteiger partial charge in [-0.1, -0.05) is 170 Å². The topological polar surface area (TPSA) is 61.4 Å². The molecule has 62 heavy (non-hydrogen) atoms. The van der Waals surface area contributed by atoms with Gasteiger partial charge < -0.3 is 4.57 Å². The Morgan fingerprint density at radius 1 is 0.258 bits per heavy atom. The molecule has 12 aromatic rings. The van der Waals surface area contributed by atoms with E-state index in [1.807, 2.05) is 30.3 Å². The molecule has 290 valence electrons. The molecule has 6 nitrogen and oxygen atoms in total. The number of pyridine rings is 1. The highest BCUT2D eigenvalue weighted by Crippen LogP contribution is 2.40. The van der Waals surface area contributed by atoms with Gasteiger partial charge in [0.15, 0.2) is 11.6 Å². The molecule has 0 spiro atoms. The van der Waals surface area contributed by atoms with Gasteiger partial charge in [0, 0.05) is 49.5 Å². The maximum atomic E-state index is 5.28. The molecule has 0 aliphatic rings. The van der Waals surface area contributed by atoms with Crippen LogP contribution in [0.1, 0.15) is 0 Å². The maximum absolute atomic E-state index is 5.28. The van der Waals surface area contributed by atoms with Crippen LogP contribution in [0.4, 0.5) is 0 Å². The summed E-state index contributed by atoms with van der Waals surface area (Å²) in [6, 6.07) is 76.2. The second-order valence-electron chi connectivity index (χ2n) is 15.5. The van der Waals surface area contributed by atoms with Gasteiger partial charge in [0.05, 0.1) is 33.5 Å². The molecule has 0 saturated heterocycles. The summed E-state index contributed by atoms with van der Waals surface area (Å²) in [5.41, 5.74) is 13.4. The number of hydrogen-bond donors (Lipinski definition) is 0. The van der Waals surface area contributed by atoms with Gasteiger partial charge in [0.2, 0.25) is 5.95 Å². The fourth-order valence-corrected chi connectivity index (χ4v) is 8.85. The molecule has 4 aromatic heterocycles. The van der Waals surface area contributed by atoms with Crippen molar-refractivity contribution in [1.29, 1.82) is 0 Å². The molecule has 0 aliphatic heterocycles. The van der Waals surface area contributed by atoms with E-state index in [1.165, 1.54) is 10.8 Å². The molecule has 0 N–H and O–H groups in total. The summed E-state index contributed by atoms with van der Waals surface area (Å²) in [5, 5.41) is 4.61. The van der Waals surface area contributed by atoms with Gasteiger partial charge >= 0.3 is 0 Å². The fraction of sp³-hybridized carbons (Fsp3) is 0. The van der Waals surface area contributed by atoms with Crippen LogP contribution >= 0.6 is 0 Å². The lowest BCUT2D eigenvalue weighted by Gasteiger charge is -2.12. The lowest BCUT2D eigenvalue weighted by molar-refractivity contribution is 0.953. The molecular formula is C56H36N6. The maximum Gasteiger partial charge on any atom is 0.238 e. The molecular weight excluding hydrogens is 757 g/mol. The summed E-state index contributed by atoms with van der Waals surface area (Å²) in [5.74, 6) is 1.78. The largest absolute Gasteiger partial charge is 0.309 e. The van der Waals surface area contributed by atoms with E-state index >= 15 is 0 Å². The highest BCUT2D eigenvalue weighted by molar-refractivity contribution is 6.19. The van der Waals surface area contributed by atoms with Gasteiger partial charge in [0.25, 0.3) is 0 Å². The average Bonchev–Trinajstić information content (AvgIpc) is 3.86. The van der Waals surface area contributed by atoms with Crippen LogP contribution in [-0.2, 0) is 0 Å². The van der Waals surface area contributed by atoms with Gasteiger partial charge in [-0.15, -0.1) is 0 Å². The Bertz CT molecular complexity index is 3610. The lowest BCUT2D eigenvalue weighted by atomic mass is 10.0. The summed E-state index contributed by atoms with van der Waals surface area (Å²) in [6.07, 6.45) is 0. The molecule has 0 fully saturated rings. The van der Waals surface area contributed by atoms with Crippen molar-refractivity contribution in [2.75, 3.05) is 0 Å². The van der Waals surface area contributed by atoms with Crippen molar-refractivity contribution in [3.8, 4) is 68.1 Å². The van der Waals surface area contributed by atoms with Crippen molar-refractivity contribution in [3.05, 3.63) is 218 Å². The van der Waals surface area contributed by atoms with Crippen LogP contribution in [0.5, 0.6) is 0 Å². The van der Waals surface area contributed by atoms with Crippen molar-refractivity contribution in [1.82, 2.24) is 29.1 Å². The molecule has 0 amide bonds. The molecule has 6 heteroatoms. The van der Waals surface area contributed by atoms with Gasteiger partial charge in [-0.25, -0.2) is 9.97 Å². The summed E-state index contributed by atoms with van der Waals surface area (Å²) in [4.78, 5) is 20.7. The first kappa shape index (κ1) is 35.5. The highest BCUT2D eigenvalue weighted by Gasteiger charge is 2.21. The Labute approximate surface area is 357 Å². The van der Waals surface area contributed by atoms with E-state index in [4.69, 9.17) is 19.9 Å². The third-order valence-corrected chi connectivity index (χ3v) is 11.8. The Hall–Kier alpha value is -8.48. The minimum absolute atomic E-state index is 0.556. The van der Waals surface area contributed by atoms with E-state index in [9.17, 15) is 0 Å². The lowest BCUT2D eigenvalue weighted by Crippen LogP contribution is -2.06. The predicted octanol–water partition coefficient (Wildman–Crippen LogP) is 13.8. The zero-order valence-electron chi connectivity index (χ0n) is 33.5. The third kappa shape index (κ3) is 6.04. The van der Waals surface area contributed by atoms with Gasteiger partial charge in [-0.05, 0) is 59.7 Å². The van der Waals surface area contributed by atoms with Crippen LogP contribution in [0.2, 0.25) is 0 Å². The Morgan fingerprint density at radius 2 is 0.726 bits per heavy atom. The van der Waals surface area contributed by atoms with Crippen molar-refractivity contribution < 1.29 is 0 Å². The minimum atomic E-state index is 0.556. The number of fused-ring (bicyclic) bond motifs is 6. The number of para-hydroxylation sites is 2. The van der Waals surface area contributed by atoms with E-state index in [1.54, 1.807) is 0 Å². The zero-order chi connectivity index (χ0) is 41.0. The number of benzene rings is 8. The number of rotatable bonds is 7. The second-order valence-corrected chi connectivity index (χ2v) is 15.5. The standard InChI is InChI=1S/C56H36N6/c1-4-16-37(17-5-1)38-30-32-41(33-31-38)55-58-54(40-20-8-3-9-21-40)59-56(60-55)62-51-29-13-11-25-45(51)47-35-46-44-24-10-12-28-50(44)61(52(46)36-53(47)62)43-23-14-22-42(34-43)49-27-15-26-48(57-49)39-18-6-2-7-19-39/h1-36H. The Balaban J connectivity index is 1.07. The third-order valence-electron chi connectivity index (χ3n) is 11.8. The first-order valence-electron chi connectivity index (χ1n) is 20.8. The monoisotopic (exact) mass is 792 g/mol. The summed E-state index contributed by atoms with van der Waals surface area (Å²) in [6.45, 7) is 0. The summed E-state index contributed by atoms with van der Waals surface area (Å²) in [7, 11) is 0.